The lowest BCUT2D eigenvalue weighted by molar-refractivity contribution is 0.408. The molecule has 1 aromatic carbocycles. The van der Waals surface area contributed by atoms with Crippen LogP contribution in [-0.2, 0) is 19.3 Å². The number of hydrogen-bond donors (Lipinski definition) is 4. The third-order valence-corrected chi connectivity index (χ3v) is 3.49. The SMILES string of the molecule is CCc1nnc(CCCCc2cc(C(=N)N)ccc2OC)o1.CNN. The van der Waals surface area contributed by atoms with Crippen LogP contribution in [0, 0.1) is 5.41 Å². The van der Waals surface area contributed by atoms with E-state index in [1.54, 1.807) is 20.2 Å². The molecule has 0 saturated heterocycles. The van der Waals surface area contributed by atoms with E-state index in [1.807, 2.05) is 19.1 Å². The molecule has 0 bridgehead atoms. The number of unbranched alkanes of at least 4 members (excludes halogenated alkanes) is 1. The van der Waals surface area contributed by atoms with E-state index in [4.69, 9.17) is 20.3 Å². The summed E-state index contributed by atoms with van der Waals surface area (Å²) >= 11 is 0. The van der Waals surface area contributed by atoms with Crippen molar-refractivity contribution in [3.05, 3.63) is 41.1 Å². The van der Waals surface area contributed by atoms with Crippen molar-refractivity contribution >= 4 is 5.84 Å². The van der Waals surface area contributed by atoms with E-state index in [9.17, 15) is 0 Å². The molecule has 0 amide bonds. The summed E-state index contributed by atoms with van der Waals surface area (Å²) in [6.45, 7) is 1.99. The van der Waals surface area contributed by atoms with E-state index >= 15 is 0 Å². The molecule has 0 aliphatic rings. The lowest BCUT2D eigenvalue weighted by Gasteiger charge is -2.10. The van der Waals surface area contributed by atoms with Crippen LogP contribution in [0.25, 0.3) is 0 Å². The molecule has 8 heteroatoms. The predicted octanol–water partition coefficient (Wildman–Crippen LogP) is 1.57. The van der Waals surface area contributed by atoms with Gasteiger partial charge in [-0.05, 0) is 50.1 Å². The highest BCUT2D eigenvalue weighted by atomic mass is 16.5. The average Bonchev–Trinajstić information content (AvgIpc) is 3.07. The van der Waals surface area contributed by atoms with E-state index in [-0.39, 0.29) is 5.84 Å². The zero-order valence-corrected chi connectivity index (χ0v) is 15.1. The number of ether oxygens (including phenoxy) is 1. The van der Waals surface area contributed by atoms with Crippen LogP contribution in [0.4, 0.5) is 0 Å². The topological polar surface area (TPSA) is 136 Å². The molecule has 0 saturated carbocycles. The van der Waals surface area contributed by atoms with Crippen molar-refractivity contribution in [3.8, 4) is 5.75 Å². The molecule has 8 nitrogen and oxygen atoms in total. The van der Waals surface area contributed by atoms with E-state index in [1.165, 1.54) is 0 Å². The minimum Gasteiger partial charge on any atom is -0.496 e. The number of nitrogen functional groups attached to an aromatic ring is 1. The molecule has 0 atom stereocenters. The van der Waals surface area contributed by atoms with Gasteiger partial charge in [-0.3, -0.25) is 16.7 Å². The Labute approximate surface area is 148 Å². The van der Waals surface area contributed by atoms with Gasteiger partial charge in [0.05, 0.1) is 7.11 Å². The van der Waals surface area contributed by atoms with Gasteiger partial charge >= 0.3 is 0 Å². The number of aryl methyl sites for hydroxylation is 3. The summed E-state index contributed by atoms with van der Waals surface area (Å²) < 4.78 is 10.9. The zero-order valence-electron chi connectivity index (χ0n) is 15.1. The third kappa shape index (κ3) is 6.90. The summed E-state index contributed by atoms with van der Waals surface area (Å²) in [4.78, 5) is 0. The number of hydrazine groups is 1. The predicted molar refractivity (Wildman–Crippen MR) is 97.6 cm³/mol. The maximum atomic E-state index is 7.52. The Morgan fingerprint density at radius 1 is 1.24 bits per heavy atom. The second-order valence-electron chi connectivity index (χ2n) is 5.38. The van der Waals surface area contributed by atoms with Gasteiger partial charge in [-0.1, -0.05) is 6.92 Å². The Bertz CT molecular complexity index is 656. The average molecular weight is 348 g/mol. The molecular weight excluding hydrogens is 320 g/mol. The summed E-state index contributed by atoms with van der Waals surface area (Å²) in [5.41, 5.74) is 9.57. The van der Waals surface area contributed by atoms with Crippen molar-refractivity contribution in [1.82, 2.24) is 15.6 Å². The first-order valence-electron chi connectivity index (χ1n) is 8.25. The Hall–Kier alpha value is -2.45. The van der Waals surface area contributed by atoms with E-state index in [0.717, 1.165) is 49.0 Å². The van der Waals surface area contributed by atoms with Crippen molar-refractivity contribution in [3.63, 3.8) is 0 Å². The number of nitrogens with zero attached hydrogens (tertiary/aromatic N) is 2. The second-order valence-corrected chi connectivity index (χ2v) is 5.38. The molecule has 0 aliphatic heterocycles. The molecule has 0 unspecified atom stereocenters. The van der Waals surface area contributed by atoms with E-state index in [2.05, 4.69) is 21.5 Å². The molecule has 2 rings (SSSR count). The van der Waals surface area contributed by atoms with Crippen molar-refractivity contribution in [2.45, 2.75) is 39.0 Å². The van der Waals surface area contributed by atoms with Crippen molar-refractivity contribution < 1.29 is 9.15 Å². The van der Waals surface area contributed by atoms with Crippen molar-refractivity contribution in [1.29, 1.82) is 5.41 Å². The Morgan fingerprint density at radius 2 is 1.88 bits per heavy atom. The molecule has 0 aliphatic carbocycles. The first-order valence-corrected chi connectivity index (χ1v) is 8.25. The first kappa shape index (κ1) is 20.6. The molecule has 0 spiro atoms. The fourth-order valence-corrected chi connectivity index (χ4v) is 2.27. The molecule has 0 radical (unpaired) electrons. The number of nitrogens with two attached hydrogens (primary N) is 2. The van der Waals surface area contributed by atoms with Crippen molar-refractivity contribution in [2.75, 3.05) is 14.2 Å². The number of hydrogen-bond acceptors (Lipinski definition) is 7. The largest absolute Gasteiger partial charge is 0.496 e. The smallest absolute Gasteiger partial charge is 0.216 e. The lowest BCUT2D eigenvalue weighted by atomic mass is 10.0. The van der Waals surface area contributed by atoms with Gasteiger partial charge in [-0.25, -0.2) is 0 Å². The summed E-state index contributed by atoms with van der Waals surface area (Å²) in [6.07, 6.45) is 4.34. The standard InChI is InChI=1S/C16H22N4O2.CH6N2/c1-3-14-19-20-15(22-14)7-5-4-6-11-10-12(16(17)18)8-9-13(11)21-2;1-3-2/h8-10H,3-7H2,1-2H3,(H3,17,18);3H,2H2,1H3. The highest BCUT2D eigenvalue weighted by Gasteiger charge is 2.08. The number of aromatic nitrogens is 2. The first-order chi connectivity index (χ1) is 12.0. The van der Waals surface area contributed by atoms with Crippen LogP contribution in [-0.4, -0.2) is 30.2 Å². The van der Waals surface area contributed by atoms with Crippen LogP contribution in [0.2, 0.25) is 0 Å². The van der Waals surface area contributed by atoms with Gasteiger partial charge in [0.25, 0.3) is 0 Å². The van der Waals surface area contributed by atoms with Gasteiger partial charge in [0, 0.05) is 18.4 Å². The maximum absolute atomic E-state index is 7.52. The van der Waals surface area contributed by atoms with E-state index in [0.29, 0.717) is 11.8 Å². The monoisotopic (exact) mass is 348 g/mol. The molecule has 1 heterocycles. The molecule has 6 N–H and O–H groups in total. The summed E-state index contributed by atoms with van der Waals surface area (Å²) in [5.74, 6) is 6.88. The van der Waals surface area contributed by atoms with Gasteiger partial charge in [0.1, 0.15) is 11.6 Å². The summed E-state index contributed by atoms with van der Waals surface area (Å²) in [6, 6.07) is 5.58. The van der Waals surface area contributed by atoms with E-state index < -0.39 is 0 Å². The Balaban J connectivity index is 0.000000970. The van der Waals surface area contributed by atoms with Crippen LogP contribution in [0.5, 0.6) is 5.75 Å². The van der Waals surface area contributed by atoms with Gasteiger partial charge in [0.15, 0.2) is 0 Å². The van der Waals surface area contributed by atoms with Crippen LogP contribution in [0.3, 0.4) is 0 Å². The lowest BCUT2D eigenvalue weighted by Crippen LogP contribution is -2.13. The fraction of sp³-hybridized carbons (Fsp3) is 0.471. The normalized spacial score (nSPS) is 10.1. The third-order valence-electron chi connectivity index (χ3n) is 3.49. The highest BCUT2D eigenvalue weighted by Crippen LogP contribution is 2.22. The number of amidine groups is 1. The van der Waals surface area contributed by atoms with Crippen LogP contribution in [0.15, 0.2) is 22.6 Å². The van der Waals surface area contributed by atoms with Gasteiger partial charge in [-0.2, -0.15) is 0 Å². The molecule has 0 fully saturated rings. The second kappa shape index (κ2) is 11.2. The summed E-state index contributed by atoms with van der Waals surface area (Å²) in [5, 5.41) is 15.5. The molecule has 25 heavy (non-hydrogen) atoms. The quantitative estimate of drug-likeness (QED) is 0.187. The molecular formula is C17H28N6O2. The van der Waals surface area contributed by atoms with Crippen molar-refractivity contribution in [2.24, 2.45) is 11.6 Å². The maximum Gasteiger partial charge on any atom is 0.216 e. The zero-order chi connectivity index (χ0) is 18.7. The summed E-state index contributed by atoms with van der Waals surface area (Å²) in [7, 11) is 3.30. The van der Waals surface area contributed by atoms with Crippen LogP contribution in [0.1, 0.15) is 42.7 Å². The number of nitrogens with one attached hydrogen (secondary N) is 2. The fourth-order valence-electron chi connectivity index (χ4n) is 2.27. The van der Waals surface area contributed by atoms with Crippen LogP contribution < -0.4 is 21.7 Å². The Kier molecular flexibility index (Phi) is 9.20. The molecule has 2 aromatic rings. The molecule has 138 valence electrons. The van der Waals surface area contributed by atoms with Gasteiger partial charge in [-0.15, -0.1) is 10.2 Å². The highest BCUT2D eigenvalue weighted by molar-refractivity contribution is 5.95. The van der Waals surface area contributed by atoms with Gasteiger partial charge in [0.2, 0.25) is 11.8 Å². The minimum absolute atomic E-state index is 0.0712. The molecule has 1 aromatic heterocycles. The minimum atomic E-state index is 0.0712. The Morgan fingerprint density at radius 3 is 2.44 bits per heavy atom. The number of methoxy groups -OCH3 is 1. The van der Waals surface area contributed by atoms with Crippen LogP contribution >= 0.6 is 0 Å². The number of benzene rings is 1. The number of rotatable bonds is 8. The van der Waals surface area contributed by atoms with Gasteiger partial charge < -0.3 is 14.9 Å².